The highest BCUT2D eigenvalue weighted by atomic mass is 32.1. The molecule has 0 spiro atoms. The largest absolute Gasteiger partial charge is 0.481 e. The van der Waals surface area contributed by atoms with E-state index in [2.05, 4.69) is 15.3 Å². The molecule has 0 bridgehead atoms. The highest BCUT2D eigenvalue weighted by Crippen LogP contribution is 2.26. The number of pyridine rings is 1. The van der Waals surface area contributed by atoms with Crippen LogP contribution in [0.1, 0.15) is 10.4 Å². The topological polar surface area (TPSA) is 64.1 Å². The van der Waals surface area contributed by atoms with Crippen LogP contribution in [0.5, 0.6) is 5.88 Å². The summed E-state index contributed by atoms with van der Waals surface area (Å²) in [5, 5.41) is 2.57. The molecule has 0 radical (unpaired) electrons. The Morgan fingerprint density at radius 2 is 1.91 bits per heavy atom. The lowest BCUT2D eigenvalue weighted by atomic mass is 10.2. The van der Waals surface area contributed by atoms with E-state index in [0.29, 0.717) is 16.2 Å². The van der Waals surface area contributed by atoms with Crippen LogP contribution in [0.3, 0.4) is 0 Å². The first-order valence-corrected chi connectivity index (χ1v) is 6.97. The third-order valence-electron chi connectivity index (χ3n) is 2.85. The van der Waals surface area contributed by atoms with Crippen molar-refractivity contribution in [1.29, 1.82) is 0 Å². The van der Waals surface area contributed by atoms with Gasteiger partial charge in [-0.05, 0) is 18.2 Å². The van der Waals surface area contributed by atoms with E-state index in [4.69, 9.17) is 4.74 Å². The highest BCUT2D eigenvalue weighted by molar-refractivity contribution is 7.22. The summed E-state index contributed by atoms with van der Waals surface area (Å²) in [6.45, 7) is 0. The zero-order valence-corrected chi connectivity index (χ0v) is 12.1. The Kier molecular flexibility index (Phi) is 3.68. The molecule has 2 aromatic heterocycles. The minimum atomic E-state index is -0.932. The summed E-state index contributed by atoms with van der Waals surface area (Å²) in [5.74, 6) is -2.35. The molecule has 8 heteroatoms. The van der Waals surface area contributed by atoms with Crippen molar-refractivity contribution in [1.82, 2.24) is 9.97 Å². The molecule has 1 aromatic carbocycles. The van der Waals surface area contributed by atoms with Crippen LogP contribution in [-0.2, 0) is 0 Å². The summed E-state index contributed by atoms with van der Waals surface area (Å²) in [5.41, 5.74) is -0.0950. The Hall–Kier alpha value is -2.61. The number of carbonyl (C=O) groups excluding carboxylic acids is 1. The number of halogens is 2. The van der Waals surface area contributed by atoms with Crippen molar-refractivity contribution in [2.45, 2.75) is 0 Å². The third kappa shape index (κ3) is 2.60. The average Bonchev–Trinajstić information content (AvgIpc) is 2.87. The van der Waals surface area contributed by atoms with Gasteiger partial charge in [0.2, 0.25) is 5.88 Å². The number of nitrogens with zero attached hydrogens (tertiary/aromatic N) is 2. The quantitative estimate of drug-likeness (QED) is 0.804. The second kappa shape index (κ2) is 5.64. The monoisotopic (exact) mass is 321 g/mol. The molecule has 0 saturated carbocycles. The van der Waals surface area contributed by atoms with Crippen LogP contribution >= 0.6 is 11.3 Å². The number of ether oxygens (including phenoxy) is 1. The fourth-order valence-electron chi connectivity index (χ4n) is 1.84. The van der Waals surface area contributed by atoms with E-state index in [1.165, 1.54) is 13.2 Å². The van der Waals surface area contributed by atoms with E-state index in [0.717, 1.165) is 23.5 Å². The predicted molar refractivity (Wildman–Crippen MR) is 78.3 cm³/mol. The van der Waals surface area contributed by atoms with Gasteiger partial charge in [0.05, 0.1) is 7.11 Å². The molecular formula is C14H9F2N3O2S. The number of fused-ring (bicyclic) bond motifs is 1. The second-order valence-corrected chi connectivity index (χ2v) is 5.23. The number of methoxy groups -OCH3 is 1. The van der Waals surface area contributed by atoms with Crippen LogP contribution in [0.4, 0.5) is 13.9 Å². The summed E-state index contributed by atoms with van der Waals surface area (Å²) in [6, 6.07) is 6.53. The van der Waals surface area contributed by atoms with E-state index >= 15 is 0 Å². The molecule has 0 aliphatic rings. The Labute approximate surface area is 127 Å². The number of benzene rings is 1. The normalized spacial score (nSPS) is 10.7. The Bertz CT molecular complexity index is 846. The van der Waals surface area contributed by atoms with Gasteiger partial charge in [-0.3, -0.25) is 10.1 Å². The molecule has 3 rings (SSSR count). The molecule has 112 valence electrons. The van der Waals surface area contributed by atoms with Crippen molar-refractivity contribution in [2.75, 3.05) is 12.4 Å². The van der Waals surface area contributed by atoms with Crippen molar-refractivity contribution in [2.24, 2.45) is 0 Å². The van der Waals surface area contributed by atoms with Crippen LogP contribution < -0.4 is 10.1 Å². The van der Waals surface area contributed by atoms with Crippen LogP contribution in [0, 0.1) is 11.6 Å². The molecule has 3 aromatic rings. The Balaban J connectivity index is 1.91. The number of anilines is 1. The molecular weight excluding hydrogens is 312 g/mol. The second-order valence-electron chi connectivity index (χ2n) is 4.25. The fraction of sp³-hybridized carbons (Fsp3) is 0.0714. The SMILES string of the molecule is COc1ccc2nc(NC(=O)c3c(F)cccc3F)sc2n1. The molecule has 0 atom stereocenters. The lowest BCUT2D eigenvalue weighted by molar-refractivity contribution is 0.101. The average molecular weight is 321 g/mol. The van der Waals surface area contributed by atoms with Gasteiger partial charge in [-0.1, -0.05) is 17.4 Å². The summed E-state index contributed by atoms with van der Waals surface area (Å²) >= 11 is 1.08. The predicted octanol–water partition coefficient (Wildman–Crippen LogP) is 3.23. The lowest BCUT2D eigenvalue weighted by Gasteiger charge is -2.03. The van der Waals surface area contributed by atoms with Gasteiger partial charge in [0.25, 0.3) is 5.91 Å². The van der Waals surface area contributed by atoms with Gasteiger partial charge in [0, 0.05) is 6.07 Å². The van der Waals surface area contributed by atoms with Gasteiger partial charge < -0.3 is 4.74 Å². The molecule has 2 heterocycles. The summed E-state index contributed by atoms with van der Waals surface area (Å²) < 4.78 is 32.1. The van der Waals surface area contributed by atoms with Crippen molar-refractivity contribution in [3.05, 3.63) is 47.5 Å². The van der Waals surface area contributed by atoms with Crippen LogP contribution in [0.25, 0.3) is 10.3 Å². The molecule has 1 amide bonds. The number of rotatable bonds is 3. The van der Waals surface area contributed by atoms with Gasteiger partial charge in [0.1, 0.15) is 27.5 Å². The first-order chi connectivity index (χ1) is 10.6. The van der Waals surface area contributed by atoms with Gasteiger partial charge in [0.15, 0.2) is 5.13 Å². The van der Waals surface area contributed by atoms with E-state index in [1.807, 2.05) is 0 Å². The zero-order chi connectivity index (χ0) is 15.7. The van der Waals surface area contributed by atoms with Gasteiger partial charge in [-0.2, -0.15) is 0 Å². The third-order valence-corrected chi connectivity index (χ3v) is 3.73. The standard InChI is InChI=1S/C14H9F2N3O2S/c1-21-10-6-5-9-13(18-10)22-14(17-9)19-12(20)11-7(15)3-2-4-8(11)16/h2-6H,1H3,(H,17,19,20). The molecule has 0 fully saturated rings. The van der Waals surface area contributed by atoms with E-state index in [1.54, 1.807) is 12.1 Å². The maximum atomic E-state index is 13.6. The van der Waals surface area contributed by atoms with Gasteiger partial charge in [-0.15, -0.1) is 0 Å². The highest BCUT2D eigenvalue weighted by Gasteiger charge is 2.18. The van der Waals surface area contributed by atoms with Crippen molar-refractivity contribution >= 4 is 32.7 Å². The smallest absolute Gasteiger partial charge is 0.263 e. The maximum absolute atomic E-state index is 13.6. The number of aromatic nitrogens is 2. The van der Waals surface area contributed by atoms with E-state index in [9.17, 15) is 13.6 Å². The number of hydrogen-bond acceptors (Lipinski definition) is 5. The molecule has 5 nitrogen and oxygen atoms in total. The summed E-state index contributed by atoms with van der Waals surface area (Å²) in [7, 11) is 1.48. The minimum absolute atomic E-state index is 0.198. The Morgan fingerprint density at radius 3 is 2.59 bits per heavy atom. The first-order valence-electron chi connectivity index (χ1n) is 6.15. The number of nitrogens with one attached hydrogen (secondary N) is 1. The van der Waals surface area contributed by atoms with Gasteiger partial charge >= 0.3 is 0 Å². The molecule has 1 N–H and O–H groups in total. The first kappa shape index (κ1) is 14.3. The number of hydrogen-bond donors (Lipinski definition) is 1. The number of carbonyl (C=O) groups is 1. The summed E-state index contributed by atoms with van der Waals surface area (Å²) in [4.78, 5) is 20.8. The molecule has 0 unspecified atom stereocenters. The lowest BCUT2D eigenvalue weighted by Crippen LogP contribution is -2.15. The van der Waals surface area contributed by atoms with E-state index < -0.39 is 23.1 Å². The molecule has 0 aliphatic carbocycles. The van der Waals surface area contributed by atoms with Crippen molar-refractivity contribution in [3.8, 4) is 5.88 Å². The maximum Gasteiger partial charge on any atom is 0.263 e. The van der Waals surface area contributed by atoms with Crippen LogP contribution in [-0.4, -0.2) is 23.0 Å². The molecule has 0 aliphatic heterocycles. The molecule has 22 heavy (non-hydrogen) atoms. The van der Waals surface area contributed by atoms with Crippen LogP contribution in [0.15, 0.2) is 30.3 Å². The number of amides is 1. The Morgan fingerprint density at radius 1 is 1.18 bits per heavy atom. The van der Waals surface area contributed by atoms with E-state index in [-0.39, 0.29) is 5.13 Å². The summed E-state index contributed by atoms with van der Waals surface area (Å²) in [6.07, 6.45) is 0. The van der Waals surface area contributed by atoms with Crippen LogP contribution in [0.2, 0.25) is 0 Å². The number of thiazole rings is 1. The minimum Gasteiger partial charge on any atom is -0.481 e. The van der Waals surface area contributed by atoms with Crippen molar-refractivity contribution in [3.63, 3.8) is 0 Å². The molecule has 0 saturated heterocycles. The zero-order valence-electron chi connectivity index (χ0n) is 11.3. The van der Waals surface area contributed by atoms with Gasteiger partial charge in [-0.25, -0.2) is 18.7 Å². The van der Waals surface area contributed by atoms with Crippen molar-refractivity contribution < 1.29 is 18.3 Å². The fourth-order valence-corrected chi connectivity index (χ4v) is 2.67.